The van der Waals surface area contributed by atoms with Crippen LogP contribution >= 0.6 is 11.3 Å². The summed E-state index contributed by atoms with van der Waals surface area (Å²) in [5.74, 6) is 0.672. The average molecular weight is 392 g/mol. The third-order valence-electron chi connectivity index (χ3n) is 5.46. The lowest BCUT2D eigenvalue weighted by molar-refractivity contribution is 0.457. The molecule has 6 aromatic rings. The van der Waals surface area contributed by atoms with Crippen molar-refractivity contribution in [3.8, 4) is 11.4 Å². The molecule has 0 unspecified atom stereocenters. The molecule has 3 nitrogen and oxygen atoms in total. The summed E-state index contributed by atoms with van der Waals surface area (Å²) in [5, 5.41) is 14.0. The molecule has 6 rings (SSSR count). The van der Waals surface area contributed by atoms with Gasteiger partial charge in [0.25, 0.3) is 0 Å². The Balaban J connectivity index is 1.81. The Morgan fingerprint density at radius 2 is 1.45 bits per heavy atom. The molecule has 4 aromatic carbocycles. The average Bonchev–Trinajstić information content (AvgIpc) is 3.31. The fraction of sp³-hybridized carbons (Fsp3) is 0. The van der Waals surface area contributed by atoms with Crippen LogP contribution in [0.25, 0.3) is 47.7 Å². The number of hydrogen-bond acceptors (Lipinski definition) is 3. The molecule has 0 aliphatic heterocycles. The number of rotatable bonds is 3. The highest BCUT2D eigenvalue weighted by Crippen LogP contribution is 2.45. The zero-order chi connectivity index (χ0) is 19.4. The first-order valence-corrected chi connectivity index (χ1v) is 10.2. The predicted molar refractivity (Wildman–Crippen MR) is 122 cm³/mol. The SMILES string of the molecule is O[B]Oc1cccc2c1sc1c2ccc2c1c1ccccc1n2-c1ccccc1. The van der Waals surface area contributed by atoms with Crippen molar-refractivity contribution in [1.82, 2.24) is 4.57 Å². The minimum Gasteiger partial charge on any atom is -0.536 e. The monoisotopic (exact) mass is 392 g/mol. The summed E-state index contributed by atoms with van der Waals surface area (Å²) in [4.78, 5) is 0. The second-order valence-electron chi connectivity index (χ2n) is 6.98. The van der Waals surface area contributed by atoms with Gasteiger partial charge in [0.1, 0.15) is 5.75 Å². The first kappa shape index (κ1) is 16.7. The smallest absolute Gasteiger partial charge is 0.536 e. The molecule has 0 saturated heterocycles. The molecule has 0 aliphatic rings. The van der Waals surface area contributed by atoms with E-state index in [1.165, 1.54) is 31.9 Å². The van der Waals surface area contributed by atoms with E-state index in [-0.39, 0.29) is 0 Å². The molecule has 2 aromatic heterocycles. The second-order valence-corrected chi connectivity index (χ2v) is 8.00. The predicted octanol–water partition coefficient (Wildman–Crippen LogP) is 6.06. The maximum atomic E-state index is 9.15. The van der Waals surface area contributed by atoms with E-state index in [4.69, 9.17) is 9.68 Å². The molecule has 0 spiro atoms. The molecule has 1 N–H and O–H groups in total. The van der Waals surface area contributed by atoms with Gasteiger partial charge < -0.3 is 14.2 Å². The van der Waals surface area contributed by atoms with Crippen LogP contribution in [0, 0.1) is 0 Å². The summed E-state index contributed by atoms with van der Waals surface area (Å²) in [6.07, 6.45) is 0. The Labute approximate surface area is 171 Å². The lowest BCUT2D eigenvalue weighted by atomic mass is 10.1. The minimum absolute atomic E-state index is 0.672. The van der Waals surface area contributed by atoms with E-state index in [1.807, 2.05) is 18.2 Å². The molecule has 137 valence electrons. The van der Waals surface area contributed by atoms with Gasteiger partial charge in [-0.15, -0.1) is 11.3 Å². The summed E-state index contributed by atoms with van der Waals surface area (Å²) < 4.78 is 9.96. The van der Waals surface area contributed by atoms with Gasteiger partial charge in [-0.2, -0.15) is 0 Å². The van der Waals surface area contributed by atoms with Crippen LogP contribution in [0.5, 0.6) is 5.75 Å². The molecule has 0 aliphatic carbocycles. The maximum absolute atomic E-state index is 9.15. The number of benzene rings is 4. The second kappa shape index (κ2) is 6.37. The van der Waals surface area contributed by atoms with Gasteiger partial charge in [-0.05, 0) is 30.3 Å². The highest BCUT2D eigenvalue weighted by Gasteiger charge is 2.18. The Hall–Kier alpha value is -3.28. The van der Waals surface area contributed by atoms with Crippen molar-refractivity contribution in [2.75, 3.05) is 0 Å². The van der Waals surface area contributed by atoms with Crippen LogP contribution in [0.15, 0.2) is 84.9 Å². The van der Waals surface area contributed by atoms with Crippen LogP contribution in [0.4, 0.5) is 0 Å². The largest absolute Gasteiger partial charge is 0.569 e. The number of hydrogen-bond donors (Lipinski definition) is 1. The lowest BCUT2D eigenvalue weighted by Gasteiger charge is -2.07. The molecule has 1 radical (unpaired) electrons. The van der Waals surface area contributed by atoms with Crippen LogP contribution < -0.4 is 4.65 Å². The third-order valence-corrected chi connectivity index (χ3v) is 6.71. The van der Waals surface area contributed by atoms with Crippen LogP contribution in [0.1, 0.15) is 0 Å². The van der Waals surface area contributed by atoms with Crippen molar-refractivity contribution in [2.24, 2.45) is 0 Å². The molecular formula is C24H15BNO2S. The fourth-order valence-corrected chi connectivity index (χ4v) is 5.60. The van der Waals surface area contributed by atoms with Gasteiger partial charge in [0.15, 0.2) is 0 Å². The molecule has 0 atom stereocenters. The Morgan fingerprint density at radius 3 is 2.31 bits per heavy atom. The van der Waals surface area contributed by atoms with Gasteiger partial charge in [-0.25, -0.2) is 0 Å². The summed E-state index contributed by atoms with van der Waals surface area (Å²) in [5.41, 5.74) is 3.53. The van der Waals surface area contributed by atoms with E-state index in [1.54, 1.807) is 11.3 Å². The van der Waals surface area contributed by atoms with Gasteiger partial charge in [0.2, 0.25) is 0 Å². The first-order chi connectivity index (χ1) is 14.4. The van der Waals surface area contributed by atoms with E-state index in [2.05, 4.69) is 71.3 Å². The quantitative estimate of drug-likeness (QED) is 0.372. The summed E-state index contributed by atoms with van der Waals surface area (Å²) in [6.45, 7) is 0. The van der Waals surface area contributed by atoms with E-state index in [9.17, 15) is 0 Å². The topological polar surface area (TPSA) is 34.4 Å². The molecule has 0 bridgehead atoms. The van der Waals surface area contributed by atoms with Crippen LogP contribution in [0.2, 0.25) is 0 Å². The van der Waals surface area contributed by atoms with Crippen LogP contribution in [-0.4, -0.2) is 17.3 Å². The lowest BCUT2D eigenvalue weighted by Crippen LogP contribution is -1.99. The summed E-state index contributed by atoms with van der Waals surface area (Å²) in [6, 6.07) is 29.4. The standard InChI is InChI=1S/C24H15BNO2S/c27-25-28-21-12-6-10-16-17-13-14-20-22(24(17)29-23(16)21)18-9-4-5-11-19(18)26(20)15-7-2-1-3-8-15/h1-14,27H. The zero-order valence-electron chi connectivity index (χ0n) is 15.4. The molecule has 0 saturated carbocycles. The highest BCUT2D eigenvalue weighted by atomic mass is 32.1. The number of fused-ring (bicyclic) bond motifs is 7. The van der Waals surface area contributed by atoms with E-state index >= 15 is 0 Å². The van der Waals surface area contributed by atoms with Crippen molar-refractivity contribution >= 4 is 61.0 Å². The highest BCUT2D eigenvalue weighted by molar-refractivity contribution is 7.27. The van der Waals surface area contributed by atoms with Gasteiger partial charge in [0, 0.05) is 31.9 Å². The van der Waals surface area contributed by atoms with Crippen molar-refractivity contribution in [2.45, 2.75) is 0 Å². The molecule has 0 amide bonds. The number of nitrogens with zero attached hydrogens (tertiary/aromatic N) is 1. The fourth-order valence-electron chi connectivity index (χ4n) is 4.29. The Bertz CT molecular complexity index is 1520. The maximum Gasteiger partial charge on any atom is 0.569 e. The Morgan fingerprint density at radius 1 is 0.690 bits per heavy atom. The normalized spacial score (nSPS) is 11.6. The molecule has 2 heterocycles. The zero-order valence-corrected chi connectivity index (χ0v) is 16.2. The third kappa shape index (κ3) is 2.35. The van der Waals surface area contributed by atoms with E-state index < -0.39 is 0 Å². The molecule has 5 heteroatoms. The van der Waals surface area contributed by atoms with Gasteiger partial charge in [-0.3, -0.25) is 0 Å². The van der Waals surface area contributed by atoms with Crippen molar-refractivity contribution in [3.63, 3.8) is 0 Å². The van der Waals surface area contributed by atoms with Gasteiger partial charge >= 0.3 is 7.69 Å². The van der Waals surface area contributed by atoms with E-state index in [0.29, 0.717) is 5.75 Å². The minimum atomic E-state index is 0.672. The van der Waals surface area contributed by atoms with Gasteiger partial charge in [-0.1, -0.05) is 54.6 Å². The van der Waals surface area contributed by atoms with Crippen molar-refractivity contribution < 1.29 is 9.68 Å². The Kier molecular flexibility index (Phi) is 3.66. The number of aromatic nitrogens is 1. The van der Waals surface area contributed by atoms with Crippen molar-refractivity contribution in [1.29, 1.82) is 0 Å². The number of thiophene rings is 1. The first-order valence-electron chi connectivity index (χ1n) is 9.42. The molecule has 0 fully saturated rings. The van der Waals surface area contributed by atoms with Crippen LogP contribution in [0.3, 0.4) is 0 Å². The van der Waals surface area contributed by atoms with Crippen LogP contribution in [-0.2, 0) is 0 Å². The van der Waals surface area contributed by atoms with Gasteiger partial charge in [0.05, 0.1) is 15.7 Å². The molecular weight excluding hydrogens is 377 g/mol. The summed E-state index contributed by atoms with van der Waals surface area (Å²) >= 11 is 1.71. The number of para-hydroxylation sites is 2. The van der Waals surface area contributed by atoms with Crippen molar-refractivity contribution in [3.05, 3.63) is 84.9 Å². The molecule has 29 heavy (non-hydrogen) atoms. The van der Waals surface area contributed by atoms with E-state index in [0.717, 1.165) is 23.5 Å². The summed E-state index contributed by atoms with van der Waals surface area (Å²) in [7, 11) is 0.746.